The lowest BCUT2D eigenvalue weighted by molar-refractivity contribution is -0.587. The van der Waals surface area contributed by atoms with Crippen LogP contribution in [0.1, 0.15) is 72.1 Å². The van der Waals surface area contributed by atoms with E-state index in [0.717, 1.165) is 56.7 Å². The first-order valence-corrected chi connectivity index (χ1v) is 12.5. The molecule has 8 atom stereocenters. The highest BCUT2D eigenvalue weighted by Gasteiger charge is 2.72. The lowest BCUT2D eigenvalue weighted by Crippen LogP contribution is -2.73. The summed E-state index contributed by atoms with van der Waals surface area (Å²) in [5.74, 6) is -1.42. The third kappa shape index (κ3) is 3.72. The first-order valence-electron chi connectivity index (χ1n) is 11.4. The molecule has 0 aromatic heterocycles. The van der Waals surface area contributed by atoms with E-state index in [1.54, 1.807) is 0 Å². The Hall–Kier alpha value is 0.210. The smallest absolute Gasteiger partial charge is 0.202 e. The van der Waals surface area contributed by atoms with Gasteiger partial charge in [0.15, 0.2) is 11.9 Å². The van der Waals surface area contributed by atoms with Gasteiger partial charge in [-0.2, -0.15) is 0 Å². The topological polar surface area (TPSA) is 46.2 Å². The van der Waals surface area contributed by atoms with Gasteiger partial charge < -0.3 is 14.2 Å². The second-order valence-corrected chi connectivity index (χ2v) is 10.5. The van der Waals surface area contributed by atoms with E-state index in [-0.39, 0.29) is 17.8 Å². The standard InChI is InChI=1S/C22H36BrFO5/c1-15-8-9-18-16(2)21(14-24,25-13-7-5-4-6-12-23)27-19-22(18)17(15)10-11-20(3,26-19)28-29-22/h15-19H,4-14H2,1-3H3/t15-,16-,17?,18+,19+,20+,21+,22-/m1/s1. The molecule has 5 aliphatic rings. The highest BCUT2D eigenvalue weighted by molar-refractivity contribution is 9.09. The second kappa shape index (κ2) is 8.62. The Morgan fingerprint density at radius 3 is 2.55 bits per heavy atom. The molecule has 1 saturated carbocycles. The fourth-order valence-electron chi connectivity index (χ4n) is 6.13. The van der Waals surface area contributed by atoms with Crippen LogP contribution < -0.4 is 0 Å². The zero-order valence-electron chi connectivity index (χ0n) is 18.0. The molecule has 1 unspecified atom stereocenters. The molecule has 5 nitrogen and oxygen atoms in total. The lowest BCUT2D eigenvalue weighted by Gasteiger charge is -2.62. The normalized spacial score (nSPS) is 48.9. The van der Waals surface area contributed by atoms with Crippen molar-refractivity contribution in [2.24, 2.45) is 23.7 Å². The summed E-state index contributed by atoms with van der Waals surface area (Å²) in [6, 6.07) is 0. The number of ether oxygens (including phenoxy) is 3. The summed E-state index contributed by atoms with van der Waals surface area (Å²) in [7, 11) is 0. The number of alkyl halides is 2. The van der Waals surface area contributed by atoms with Crippen LogP contribution in [0.15, 0.2) is 0 Å². The number of hydrogen-bond acceptors (Lipinski definition) is 5. The molecule has 4 aliphatic heterocycles. The van der Waals surface area contributed by atoms with Gasteiger partial charge in [0.25, 0.3) is 0 Å². The molecule has 5 fully saturated rings. The van der Waals surface area contributed by atoms with Crippen LogP contribution in [-0.4, -0.2) is 42.1 Å². The van der Waals surface area contributed by atoms with Crippen LogP contribution >= 0.6 is 15.9 Å². The van der Waals surface area contributed by atoms with Gasteiger partial charge >= 0.3 is 0 Å². The molecule has 2 bridgehead atoms. The number of halogens is 2. The van der Waals surface area contributed by atoms with Crippen LogP contribution in [0.25, 0.3) is 0 Å². The van der Waals surface area contributed by atoms with Crippen molar-refractivity contribution < 1.29 is 28.4 Å². The molecule has 0 aromatic carbocycles. The van der Waals surface area contributed by atoms with Crippen molar-refractivity contribution in [2.75, 3.05) is 18.6 Å². The summed E-state index contributed by atoms with van der Waals surface area (Å²) in [6.45, 7) is 6.04. The average molecular weight is 479 g/mol. The minimum atomic E-state index is -1.27. The van der Waals surface area contributed by atoms with Crippen LogP contribution in [0.2, 0.25) is 0 Å². The molecule has 29 heavy (non-hydrogen) atoms. The first-order chi connectivity index (χ1) is 13.9. The molecule has 1 spiro atoms. The third-order valence-corrected chi connectivity index (χ3v) is 8.50. The maximum atomic E-state index is 14.5. The second-order valence-electron chi connectivity index (χ2n) is 9.71. The van der Waals surface area contributed by atoms with Crippen molar-refractivity contribution in [3.05, 3.63) is 0 Å². The molecule has 4 heterocycles. The first kappa shape index (κ1) is 22.4. The van der Waals surface area contributed by atoms with E-state index < -0.39 is 30.1 Å². The van der Waals surface area contributed by atoms with E-state index in [0.29, 0.717) is 12.5 Å². The predicted molar refractivity (Wildman–Crippen MR) is 110 cm³/mol. The Labute approximate surface area is 182 Å². The van der Waals surface area contributed by atoms with E-state index in [9.17, 15) is 4.39 Å². The van der Waals surface area contributed by atoms with Crippen LogP contribution in [0.4, 0.5) is 4.39 Å². The zero-order chi connectivity index (χ0) is 20.7. The van der Waals surface area contributed by atoms with Gasteiger partial charge in [0.2, 0.25) is 11.6 Å². The highest BCUT2D eigenvalue weighted by atomic mass is 79.9. The van der Waals surface area contributed by atoms with E-state index in [1.807, 2.05) is 6.92 Å². The molecular weight excluding hydrogens is 443 g/mol. The Kier molecular flexibility index (Phi) is 6.66. The number of unbranched alkanes of at least 4 members (excludes halogenated alkanes) is 3. The maximum Gasteiger partial charge on any atom is 0.202 e. The van der Waals surface area contributed by atoms with Gasteiger partial charge in [-0.25, -0.2) is 14.2 Å². The molecule has 168 valence electrons. The molecule has 0 radical (unpaired) electrons. The van der Waals surface area contributed by atoms with Gasteiger partial charge in [-0.15, -0.1) is 0 Å². The predicted octanol–water partition coefficient (Wildman–Crippen LogP) is 5.51. The summed E-state index contributed by atoms with van der Waals surface area (Å²) in [4.78, 5) is 12.0. The summed E-state index contributed by atoms with van der Waals surface area (Å²) in [6.07, 6.45) is 7.38. The van der Waals surface area contributed by atoms with Gasteiger partial charge in [0.1, 0.15) is 6.67 Å². The van der Waals surface area contributed by atoms with E-state index in [1.165, 1.54) is 0 Å². The third-order valence-electron chi connectivity index (χ3n) is 7.94. The monoisotopic (exact) mass is 478 g/mol. The van der Waals surface area contributed by atoms with Crippen molar-refractivity contribution in [3.63, 3.8) is 0 Å². The van der Waals surface area contributed by atoms with Crippen LogP contribution in [0.3, 0.4) is 0 Å². The number of fused-ring (bicyclic) bond motifs is 2. The summed E-state index contributed by atoms with van der Waals surface area (Å²) in [5.41, 5.74) is -0.676. The van der Waals surface area contributed by atoms with E-state index in [2.05, 4.69) is 29.8 Å². The molecule has 4 saturated heterocycles. The van der Waals surface area contributed by atoms with Crippen LogP contribution in [0.5, 0.6) is 0 Å². The maximum absolute atomic E-state index is 14.5. The van der Waals surface area contributed by atoms with Crippen molar-refractivity contribution in [1.82, 2.24) is 0 Å². The largest absolute Gasteiger partial charge is 0.347 e. The Morgan fingerprint density at radius 1 is 1.00 bits per heavy atom. The van der Waals surface area contributed by atoms with Gasteiger partial charge in [-0.3, -0.25) is 0 Å². The van der Waals surface area contributed by atoms with E-state index >= 15 is 0 Å². The highest BCUT2D eigenvalue weighted by Crippen LogP contribution is 2.62. The minimum Gasteiger partial charge on any atom is -0.347 e. The van der Waals surface area contributed by atoms with Crippen molar-refractivity contribution in [3.8, 4) is 0 Å². The minimum absolute atomic E-state index is 0.0780. The fourth-order valence-corrected chi connectivity index (χ4v) is 6.53. The van der Waals surface area contributed by atoms with E-state index in [4.69, 9.17) is 24.0 Å². The van der Waals surface area contributed by atoms with Crippen LogP contribution in [0, 0.1) is 23.7 Å². The van der Waals surface area contributed by atoms with Gasteiger partial charge in [0.05, 0.1) is 6.61 Å². The summed E-state index contributed by atoms with van der Waals surface area (Å²) in [5, 5.41) is 1.02. The quantitative estimate of drug-likeness (QED) is 0.261. The molecule has 0 aromatic rings. The average Bonchev–Trinajstić information content (AvgIpc) is 2.94. The molecule has 7 heteroatoms. The summed E-state index contributed by atoms with van der Waals surface area (Å²) < 4.78 is 33.4. The van der Waals surface area contributed by atoms with Gasteiger partial charge in [0, 0.05) is 23.6 Å². The Morgan fingerprint density at radius 2 is 1.79 bits per heavy atom. The van der Waals surface area contributed by atoms with Crippen molar-refractivity contribution >= 4 is 15.9 Å². The molecule has 0 N–H and O–H groups in total. The molecule has 0 amide bonds. The van der Waals surface area contributed by atoms with Crippen LogP contribution in [-0.2, 0) is 24.0 Å². The fraction of sp³-hybridized carbons (Fsp3) is 1.00. The molecule has 1 aliphatic carbocycles. The zero-order valence-corrected chi connectivity index (χ0v) is 19.5. The number of hydrogen-bond donors (Lipinski definition) is 0. The van der Waals surface area contributed by atoms with Crippen molar-refractivity contribution in [2.45, 2.75) is 95.6 Å². The Bertz CT molecular complexity index is 581. The number of rotatable bonds is 8. The summed E-state index contributed by atoms with van der Waals surface area (Å²) >= 11 is 3.46. The van der Waals surface area contributed by atoms with Gasteiger partial charge in [-0.1, -0.05) is 42.6 Å². The SMILES string of the molecule is C[C@@H]1CC[C@H]2[C@@H](C)[C@@](CF)(OCCCCCCBr)O[C@@H]3O[C@]4(C)CCC1[C@]32OO4. The molecular formula is C22H36BrFO5. The van der Waals surface area contributed by atoms with Crippen molar-refractivity contribution in [1.29, 1.82) is 0 Å². The Balaban J connectivity index is 1.56. The molecule has 5 rings (SSSR count). The lowest BCUT2D eigenvalue weighted by atomic mass is 9.57. The van der Waals surface area contributed by atoms with Gasteiger partial charge in [-0.05, 0) is 50.9 Å².